The number of rotatable bonds is 6. The van der Waals surface area contributed by atoms with E-state index >= 15 is 0 Å². The number of hydrogen-bond donors (Lipinski definition) is 2. The first-order valence-electron chi connectivity index (χ1n) is 8.67. The number of hydrogen-bond acceptors (Lipinski definition) is 3. The molecule has 0 aromatic heterocycles. The zero-order valence-electron chi connectivity index (χ0n) is 15.4. The smallest absolute Gasteiger partial charge is 0.261 e. The lowest BCUT2D eigenvalue weighted by molar-refractivity contribution is 0.0951. The van der Waals surface area contributed by atoms with E-state index in [9.17, 15) is 13.2 Å². The zero-order valence-corrected chi connectivity index (χ0v) is 17.8. The summed E-state index contributed by atoms with van der Waals surface area (Å²) >= 11 is 11.7. The number of halogens is 2. The summed E-state index contributed by atoms with van der Waals surface area (Å²) in [5, 5.41) is 3.86. The largest absolute Gasteiger partial charge is 0.348 e. The SMILES string of the molecule is Cc1cccc(NS(=O)(=O)c2ccc(Cl)cc2)c1C(=O)NCc1ccc(Cl)cc1. The van der Waals surface area contributed by atoms with Crippen LogP contribution in [0.2, 0.25) is 10.0 Å². The topological polar surface area (TPSA) is 75.3 Å². The van der Waals surface area contributed by atoms with Crippen molar-refractivity contribution in [2.45, 2.75) is 18.4 Å². The quantitative estimate of drug-likeness (QED) is 0.554. The van der Waals surface area contributed by atoms with Gasteiger partial charge >= 0.3 is 0 Å². The Balaban J connectivity index is 1.83. The summed E-state index contributed by atoms with van der Waals surface area (Å²) in [6, 6.07) is 17.9. The molecule has 0 radical (unpaired) electrons. The van der Waals surface area contributed by atoms with E-state index in [1.807, 2.05) is 12.1 Å². The minimum absolute atomic E-state index is 0.0518. The van der Waals surface area contributed by atoms with Crippen molar-refractivity contribution in [1.29, 1.82) is 0 Å². The second kappa shape index (κ2) is 8.86. The van der Waals surface area contributed by atoms with Gasteiger partial charge in [-0.1, -0.05) is 47.5 Å². The molecule has 29 heavy (non-hydrogen) atoms. The highest BCUT2D eigenvalue weighted by Gasteiger charge is 2.20. The Kier molecular flexibility index (Phi) is 6.47. The summed E-state index contributed by atoms with van der Waals surface area (Å²) < 4.78 is 27.9. The van der Waals surface area contributed by atoms with Crippen LogP contribution in [-0.2, 0) is 16.6 Å². The molecule has 2 N–H and O–H groups in total. The molecule has 0 saturated heterocycles. The Hall–Kier alpha value is -2.54. The van der Waals surface area contributed by atoms with Gasteiger partial charge in [0.25, 0.3) is 15.9 Å². The van der Waals surface area contributed by atoms with Gasteiger partial charge in [-0.25, -0.2) is 8.42 Å². The molecule has 0 bridgehead atoms. The summed E-state index contributed by atoms with van der Waals surface area (Å²) in [6.45, 7) is 2.03. The van der Waals surface area contributed by atoms with E-state index in [4.69, 9.17) is 23.2 Å². The van der Waals surface area contributed by atoms with Crippen molar-refractivity contribution in [3.8, 4) is 0 Å². The summed E-state index contributed by atoms with van der Waals surface area (Å²) in [5.74, 6) is -0.383. The van der Waals surface area contributed by atoms with Gasteiger partial charge in [-0.15, -0.1) is 0 Å². The van der Waals surface area contributed by atoms with Gasteiger partial charge in [-0.05, 0) is 60.5 Å². The average molecular weight is 449 g/mol. The molecule has 0 aliphatic rings. The van der Waals surface area contributed by atoms with Crippen LogP contribution in [0.15, 0.2) is 71.6 Å². The molecular formula is C21H18Cl2N2O3S. The zero-order chi connectivity index (χ0) is 21.0. The van der Waals surface area contributed by atoms with Crippen LogP contribution >= 0.6 is 23.2 Å². The van der Waals surface area contributed by atoms with Crippen molar-refractivity contribution in [1.82, 2.24) is 5.32 Å². The van der Waals surface area contributed by atoms with Gasteiger partial charge in [0, 0.05) is 16.6 Å². The molecular weight excluding hydrogens is 431 g/mol. The molecule has 0 fully saturated rings. The predicted molar refractivity (Wildman–Crippen MR) is 116 cm³/mol. The van der Waals surface area contributed by atoms with E-state index in [0.29, 0.717) is 15.6 Å². The fourth-order valence-electron chi connectivity index (χ4n) is 2.74. The van der Waals surface area contributed by atoms with Crippen molar-refractivity contribution < 1.29 is 13.2 Å². The van der Waals surface area contributed by atoms with Crippen LogP contribution in [0.3, 0.4) is 0 Å². The second-order valence-corrected chi connectivity index (χ2v) is 8.92. The highest BCUT2D eigenvalue weighted by molar-refractivity contribution is 7.92. The van der Waals surface area contributed by atoms with Gasteiger partial charge < -0.3 is 5.32 Å². The first-order valence-corrected chi connectivity index (χ1v) is 10.9. The molecule has 0 spiro atoms. The maximum atomic E-state index is 12.8. The van der Waals surface area contributed by atoms with Crippen LogP contribution < -0.4 is 10.0 Å². The first-order chi connectivity index (χ1) is 13.8. The Labute approximate surface area is 179 Å². The van der Waals surface area contributed by atoms with Crippen molar-refractivity contribution >= 4 is 44.8 Å². The molecule has 8 heteroatoms. The monoisotopic (exact) mass is 448 g/mol. The third-order valence-electron chi connectivity index (χ3n) is 4.23. The van der Waals surface area contributed by atoms with Crippen molar-refractivity contribution in [2.24, 2.45) is 0 Å². The van der Waals surface area contributed by atoms with Crippen LogP contribution in [0, 0.1) is 6.92 Å². The molecule has 1 amide bonds. The number of sulfonamides is 1. The van der Waals surface area contributed by atoms with E-state index < -0.39 is 10.0 Å². The standard InChI is InChI=1S/C21H18Cl2N2O3S/c1-14-3-2-4-19(25-29(27,28)18-11-9-17(23)10-12-18)20(14)21(26)24-13-15-5-7-16(22)8-6-15/h2-12,25H,13H2,1H3,(H,24,26). The molecule has 3 rings (SSSR count). The van der Waals surface area contributed by atoms with Crippen LogP contribution in [0.1, 0.15) is 21.5 Å². The maximum Gasteiger partial charge on any atom is 0.261 e. The molecule has 0 unspecified atom stereocenters. The summed E-state index contributed by atoms with van der Waals surface area (Å²) in [7, 11) is -3.88. The van der Waals surface area contributed by atoms with Gasteiger partial charge in [0.2, 0.25) is 0 Å². The van der Waals surface area contributed by atoms with Gasteiger partial charge in [0.1, 0.15) is 0 Å². The fourth-order valence-corrected chi connectivity index (χ4v) is 4.07. The third-order valence-corrected chi connectivity index (χ3v) is 6.12. The van der Waals surface area contributed by atoms with E-state index in [-0.39, 0.29) is 28.6 Å². The summed E-state index contributed by atoms with van der Waals surface area (Å²) in [4.78, 5) is 12.9. The number of nitrogens with one attached hydrogen (secondary N) is 2. The lowest BCUT2D eigenvalue weighted by atomic mass is 10.1. The molecule has 150 valence electrons. The molecule has 0 aliphatic heterocycles. The highest BCUT2D eigenvalue weighted by atomic mass is 35.5. The predicted octanol–water partition coefficient (Wildman–Crippen LogP) is 5.03. The van der Waals surface area contributed by atoms with E-state index in [1.54, 1.807) is 37.3 Å². The lowest BCUT2D eigenvalue weighted by Gasteiger charge is -2.15. The summed E-state index contributed by atoms with van der Waals surface area (Å²) in [6.07, 6.45) is 0. The van der Waals surface area contributed by atoms with Crippen LogP contribution in [0.5, 0.6) is 0 Å². The van der Waals surface area contributed by atoms with Crippen LogP contribution in [-0.4, -0.2) is 14.3 Å². The van der Waals surface area contributed by atoms with Crippen molar-refractivity contribution in [2.75, 3.05) is 4.72 Å². The van der Waals surface area contributed by atoms with E-state index in [0.717, 1.165) is 5.56 Å². The van der Waals surface area contributed by atoms with Gasteiger partial charge in [-0.2, -0.15) is 0 Å². The fraction of sp³-hybridized carbons (Fsp3) is 0.0952. The van der Waals surface area contributed by atoms with Crippen LogP contribution in [0.4, 0.5) is 5.69 Å². The highest BCUT2D eigenvalue weighted by Crippen LogP contribution is 2.24. The van der Waals surface area contributed by atoms with Gasteiger partial charge in [0.05, 0.1) is 16.1 Å². The maximum absolute atomic E-state index is 12.8. The molecule has 0 saturated carbocycles. The lowest BCUT2D eigenvalue weighted by Crippen LogP contribution is -2.26. The Bertz CT molecular complexity index is 1130. The van der Waals surface area contributed by atoms with E-state index in [1.165, 1.54) is 24.3 Å². The van der Waals surface area contributed by atoms with E-state index in [2.05, 4.69) is 10.0 Å². The number of aryl methyl sites for hydroxylation is 1. The van der Waals surface area contributed by atoms with Crippen LogP contribution in [0.25, 0.3) is 0 Å². The Morgan fingerprint density at radius 2 is 1.48 bits per heavy atom. The molecule has 3 aromatic carbocycles. The number of carbonyl (C=O) groups is 1. The molecule has 0 atom stereocenters. The van der Waals surface area contributed by atoms with Crippen molar-refractivity contribution in [3.63, 3.8) is 0 Å². The second-order valence-electron chi connectivity index (χ2n) is 6.37. The average Bonchev–Trinajstić information content (AvgIpc) is 2.67. The molecule has 3 aromatic rings. The number of carbonyl (C=O) groups excluding carboxylic acids is 1. The minimum Gasteiger partial charge on any atom is -0.348 e. The summed E-state index contributed by atoms with van der Waals surface area (Å²) in [5.41, 5.74) is 1.99. The first kappa shape index (κ1) is 21.2. The minimum atomic E-state index is -3.88. The molecule has 5 nitrogen and oxygen atoms in total. The molecule has 0 aliphatic carbocycles. The Morgan fingerprint density at radius 1 is 0.897 bits per heavy atom. The van der Waals surface area contributed by atoms with Gasteiger partial charge in [0.15, 0.2) is 0 Å². The van der Waals surface area contributed by atoms with Crippen molar-refractivity contribution in [3.05, 3.63) is 93.5 Å². The Morgan fingerprint density at radius 3 is 2.10 bits per heavy atom. The number of amides is 1. The van der Waals surface area contributed by atoms with Gasteiger partial charge in [-0.3, -0.25) is 9.52 Å². The number of anilines is 1. The number of benzene rings is 3. The third kappa shape index (κ3) is 5.29. The normalized spacial score (nSPS) is 11.1. The molecule has 0 heterocycles.